The van der Waals surface area contributed by atoms with Gasteiger partial charge >= 0.3 is 29.8 Å². The van der Waals surface area contributed by atoms with Crippen molar-refractivity contribution in [2.24, 2.45) is 31.5 Å². The second-order valence-corrected chi connectivity index (χ2v) is 16.6. The van der Waals surface area contributed by atoms with Gasteiger partial charge in [-0.05, 0) is 46.9 Å². The molecule has 3 aliphatic heterocycles. The molecule has 0 aromatic rings. The molecule has 0 N–H and O–H groups in total. The third-order valence-corrected chi connectivity index (χ3v) is 12.2. The summed E-state index contributed by atoms with van der Waals surface area (Å²) in [5.41, 5.74) is 47.8. The molecule has 3 saturated heterocycles. The highest BCUT2D eigenvalue weighted by atomic mass is 16.8. The molecular formula is C37H51N16O15+. The fourth-order valence-electron chi connectivity index (χ4n) is 9.36. The van der Waals surface area contributed by atoms with Crippen LogP contribution < -0.4 is 0 Å². The largest absolute Gasteiger partial charge is 0.463 e. The predicted octanol–water partition coefficient (Wildman–Crippen LogP) is 3.97. The minimum absolute atomic E-state index is 0.223. The van der Waals surface area contributed by atoms with Crippen LogP contribution in [0.5, 0.6) is 0 Å². The van der Waals surface area contributed by atoms with E-state index in [-0.39, 0.29) is 12.8 Å². The Kier molecular flexibility index (Phi) is 18.0. The lowest BCUT2D eigenvalue weighted by Crippen LogP contribution is -2.63. The number of nitrogens with zero attached hydrogens (tertiary/aromatic N) is 16. The van der Waals surface area contributed by atoms with Gasteiger partial charge in [0.25, 0.3) is 0 Å². The molecule has 31 nitrogen and oxygen atoms in total. The summed E-state index contributed by atoms with van der Waals surface area (Å²) in [6.45, 7) is 8.15. The van der Waals surface area contributed by atoms with Gasteiger partial charge in [-0.25, -0.2) is 4.58 Å². The van der Waals surface area contributed by atoms with E-state index >= 15 is 0 Å². The second-order valence-electron chi connectivity index (χ2n) is 16.6. The van der Waals surface area contributed by atoms with Gasteiger partial charge in [0, 0.05) is 84.0 Å². The van der Waals surface area contributed by atoms with Gasteiger partial charge < -0.3 is 47.4 Å². The number of azide groups is 5. The third-order valence-electron chi connectivity index (χ3n) is 12.2. The normalized spacial score (nSPS) is 35.6. The van der Waals surface area contributed by atoms with Crippen molar-refractivity contribution in [3.05, 3.63) is 52.2 Å². The standard InChI is InChI=1S/C37H51N16O15/c1-15(54)59-14-24-31(67-35-27(47-52-42)33(62-18(4)57)30(61-17(3)56)23(64-35)13-43-48-38)34(63-19(5)58)36(65-24)68-32-26(21(45-50-40)12-22(46-51-41)29(32)60-16(2)55)28-20(44-49-39)8-9-25(66-28)37(10-11-37)53(6)7/h20-36H,6,8-14H2,1-5,7H3/q+1/t20?,21?,22?,23-,24+,25-,26?,27?,28-,29-,30+,31+,32-,33+,34+,35+,36-/m0/s1. The predicted molar refractivity (Wildman–Crippen MR) is 223 cm³/mol. The zero-order chi connectivity index (χ0) is 49.9. The molecule has 0 aromatic heterocycles. The third kappa shape index (κ3) is 12.3. The van der Waals surface area contributed by atoms with E-state index in [9.17, 15) is 51.6 Å². The molecule has 5 unspecified atom stereocenters. The molecular weight excluding hydrogens is 909 g/mol. The molecule has 5 aliphatic rings. The van der Waals surface area contributed by atoms with Gasteiger partial charge in [0.2, 0.25) is 0 Å². The Labute approximate surface area is 386 Å². The van der Waals surface area contributed by atoms with Crippen molar-refractivity contribution in [2.45, 2.75) is 170 Å². The number of carbonyl (C=O) groups excluding carboxylic acids is 5. The maximum absolute atomic E-state index is 13.0. The lowest BCUT2D eigenvalue weighted by molar-refractivity contribution is -0.561. The molecule has 0 radical (unpaired) electrons. The number of ether oxygens (including phenoxy) is 10. The fourth-order valence-corrected chi connectivity index (χ4v) is 9.36. The van der Waals surface area contributed by atoms with Gasteiger partial charge in [-0.15, -0.1) is 0 Å². The fraction of sp³-hybridized carbons (Fsp3) is 0.838. The van der Waals surface area contributed by atoms with Crippen LogP contribution in [0.2, 0.25) is 0 Å². The van der Waals surface area contributed by atoms with Gasteiger partial charge in [0.05, 0.1) is 24.7 Å². The van der Waals surface area contributed by atoms with Crippen LogP contribution in [-0.4, -0.2) is 165 Å². The average molecular weight is 960 g/mol. The first-order valence-corrected chi connectivity index (χ1v) is 21.2. The summed E-state index contributed by atoms with van der Waals surface area (Å²) in [6.07, 6.45) is -16.0. The van der Waals surface area contributed by atoms with Gasteiger partial charge in [0.1, 0.15) is 63.0 Å². The monoisotopic (exact) mass is 959 g/mol. The molecule has 3 heterocycles. The van der Waals surface area contributed by atoms with Gasteiger partial charge in [-0.3, -0.25) is 24.0 Å². The molecule has 68 heavy (non-hydrogen) atoms. The maximum Gasteiger partial charge on any atom is 0.303 e. The lowest BCUT2D eigenvalue weighted by atomic mass is 9.72. The molecule has 2 saturated carbocycles. The molecule has 17 atom stereocenters. The summed E-state index contributed by atoms with van der Waals surface area (Å²) in [4.78, 5) is 77.6. The Morgan fingerprint density at radius 3 is 1.72 bits per heavy atom. The Morgan fingerprint density at radius 2 is 1.16 bits per heavy atom. The molecule has 0 spiro atoms. The minimum Gasteiger partial charge on any atom is -0.463 e. The topological polar surface area (TPSA) is 424 Å². The minimum atomic E-state index is -1.84. The number of likely N-dealkylation sites (N-methyl/N-ethyl adjacent to an activating group) is 1. The Bertz CT molecular complexity index is 2190. The zero-order valence-corrected chi connectivity index (χ0v) is 37.8. The van der Waals surface area contributed by atoms with E-state index in [1.54, 1.807) is 11.6 Å². The van der Waals surface area contributed by atoms with Crippen LogP contribution in [-0.2, 0) is 71.3 Å². The van der Waals surface area contributed by atoms with Crippen LogP contribution in [0.4, 0.5) is 0 Å². The van der Waals surface area contributed by atoms with Crippen molar-refractivity contribution in [3.8, 4) is 0 Å². The van der Waals surface area contributed by atoms with Crippen LogP contribution in [0.25, 0.3) is 52.2 Å². The first-order chi connectivity index (χ1) is 32.4. The van der Waals surface area contributed by atoms with E-state index in [0.717, 1.165) is 34.6 Å². The van der Waals surface area contributed by atoms with Crippen LogP contribution in [0.15, 0.2) is 25.6 Å². The van der Waals surface area contributed by atoms with Crippen LogP contribution in [0.1, 0.15) is 66.7 Å². The van der Waals surface area contributed by atoms with Crippen LogP contribution in [0, 0.1) is 5.92 Å². The molecule has 5 fully saturated rings. The quantitative estimate of drug-likeness (QED) is 0.0336. The molecule has 5 rings (SSSR count). The highest BCUT2D eigenvalue weighted by Crippen LogP contribution is 2.50. The van der Waals surface area contributed by atoms with E-state index in [0.29, 0.717) is 19.3 Å². The highest BCUT2D eigenvalue weighted by molar-refractivity contribution is 5.68. The Balaban J connectivity index is 1.66. The summed E-state index contributed by atoms with van der Waals surface area (Å²) in [5, 5.41) is 19.2. The number of hydrogen-bond acceptors (Lipinski definition) is 20. The summed E-state index contributed by atoms with van der Waals surface area (Å²) in [6, 6.07) is -5.11. The van der Waals surface area contributed by atoms with Crippen molar-refractivity contribution in [1.82, 2.24) is 0 Å². The van der Waals surface area contributed by atoms with Crippen molar-refractivity contribution in [3.63, 3.8) is 0 Å². The van der Waals surface area contributed by atoms with Gasteiger partial charge in [-0.1, -0.05) is 25.6 Å². The molecule has 368 valence electrons. The van der Waals surface area contributed by atoms with Crippen molar-refractivity contribution >= 4 is 36.6 Å². The number of carbonyl (C=O) groups is 5. The smallest absolute Gasteiger partial charge is 0.303 e. The first kappa shape index (κ1) is 52.3. The lowest BCUT2D eigenvalue weighted by Gasteiger charge is -2.50. The molecule has 2 aliphatic carbocycles. The highest BCUT2D eigenvalue weighted by Gasteiger charge is 2.63. The number of esters is 5. The van der Waals surface area contributed by atoms with E-state index in [2.05, 4.69) is 56.8 Å². The van der Waals surface area contributed by atoms with E-state index in [4.69, 9.17) is 47.4 Å². The Hall–Kier alpha value is -6.63. The molecule has 31 heteroatoms. The zero-order valence-electron chi connectivity index (χ0n) is 37.8. The van der Waals surface area contributed by atoms with Crippen LogP contribution >= 0.6 is 0 Å². The van der Waals surface area contributed by atoms with E-state index in [1.807, 2.05) is 0 Å². The van der Waals surface area contributed by atoms with E-state index in [1.165, 1.54) is 0 Å². The number of rotatable bonds is 19. The first-order valence-electron chi connectivity index (χ1n) is 21.2. The van der Waals surface area contributed by atoms with Crippen molar-refractivity contribution in [2.75, 3.05) is 20.2 Å². The summed E-state index contributed by atoms with van der Waals surface area (Å²) in [7, 11) is 1.79. The summed E-state index contributed by atoms with van der Waals surface area (Å²) in [5.74, 6) is -5.65. The SMILES string of the molecule is C=[N+](C)C1([C@@H]2CCC(N=[N+]=[N-])[C@@H](C3C(N=[N+]=[N-])CC(N=[N+]=[N-])[C@H](OC(C)=O)[C@H]3O[C@@H]3O[C@H](COC(C)=O)[C@@H](O[C@H]4O[C@@H](CN=[N+]=[N-])[C@@H](OC(C)=O)[C@H](OC(C)=O)C4N=[N+]=[N-])[C@H]3OC(C)=O)O2)CC1. The van der Waals surface area contributed by atoms with Crippen LogP contribution in [0.3, 0.4) is 0 Å². The molecule has 0 aromatic carbocycles. The second kappa shape index (κ2) is 23.4. The maximum atomic E-state index is 13.0. The molecule has 0 amide bonds. The van der Waals surface area contributed by atoms with Gasteiger partial charge in [-0.2, -0.15) is 0 Å². The Morgan fingerprint density at radius 1 is 0.618 bits per heavy atom. The summed E-state index contributed by atoms with van der Waals surface area (Å²) >= 11 is 0. The molecule has 0 bridgehead atoms. The van der Waals surface area contributed by atoms with E-state index < -0.39 is 152 Å². The summed E-state index contributed by atoms with van der Waals surface area (Å²) < 4.78 is 62.1. The average Bonchev–Trinajstić information content (AvgIpc) is 4.03. The van der Waals surface area contributed by atoms with Crippen molar-refractivity contribution in [1.29, 1.82) is 0 Å². The number of hydrogen-bond donors (Lipinski definition) is 0. The van der Waals surface area contributed by atoms with Crippen molar-refractivity contribution < 1.29 is 75.9 Å². The van der Waals surface area contributed by atoms with Gasteiger partial charge in [0.15, 0.2) is 36.4 Å².